The monoisotopic (exact) mass is 567 g/mol. The summed E-state index contributed by atoms with van der Waals surface area (Å²) in [6.45, 7) is 3.28. The molecule has 12 heteroatoms. The average Bonchev–Trinajstić information content (AvgIpc) is 3.62. The van der Waals surface area contributed by atoms with Gasteiger partial charge in [-0.3, -0.25) is 19.2 Å². The van der Waals surface area contributed by atoms with Crippen LogP contribution in [0.25, 0.3) is 0 Å². The topological polar surface area (TPSA) is 134 Å². The van der Waals surface area contributed by atoms with Gasteiger partial charge in [0.05, 0.1) is 12.5 Å². The number of benzene rings is 2. The Morgan fingerprint density at radius 1 is 1.05 bits per heavy atom. The molecule has 216 valence electrons. The van der Waals surface area contributed by atoms with Crippen LogP contribution in [0.2, 0.25) is 0 Å². The Morgan fingerprint density at radius 2 is 1.80 bits per heavy atom. The number of halogens is 2. The molecule has 2 aromatic carbocycles. The zero-order chi connectivity index (χ0) is 29.5. The Bertz CT molecular complexity index is 1410. The zero-order valence-corrected chi connectivity index (χ0v) is 22.7. The summed E-state index contributed by atoms with van der Waals surface area (Å²) >= 11 is 0. The van der Waals surface area contributed by atoms with Crippen molar-refractivity contribution in [2.45, 2.75) is 57.8 Å². The van der Waals surface area contributed by atoms with Crippen molar-refractivity contribution < 1.29 is 32.5 Å². The van der Waals surface area contributed by atoms with E-state index in [-0.39, 0.29) is 36.2 Å². The van der Waals surface area contributed by atoms with Crippen LogP contribution in [0.15, 0.2) is 59.1 Å². The molecule has 1 saturated heterocycles. The first kappa shape index (κ1) is 29.4. The summed E-state index contributed by atoms with van der Waals surface area (Å²) in [5.41, 5.74) is 0.975. The van der Waals surface area contributed by atoms with Crippen LogP contribution in [0.4, 0.5) is 8.78 Å². The van der Waals surface area contributed by atoms with Crippen molar-refractivity contribution >= 4 is 23.6 Å². The van der Waals surface area contributed by atoms with Crippen LogP contribution in [-0.4, -0.2) is 52.3 Å². The molecule has 1 aliphatic heterocycles. The average molecular weight is 568 g/mol. The summed E-state index contributed by atoms with van der Waals surface area (Å²) in [4.78, 5) is 53.8. The van der Waals surface area contributed by atoms with Crippen molar-refractivity contribution in [1.82, 2.24) is 26.0 Å². The summed E-state index contributed by atoms with van der Waals surface area (Å²) in [7, 11) is 0. The first-order valence-corrected chi connectivity index (χ1v) is 13.2. The predicted octanol–water partition coefficient (Wildman–Crippen LogP) is 2.93. The fourth-order valence-corrected chi connectivity index (χ4v) is 4.67. The number of nitrogens with zero attached hydrogens (tertiary/aromatic N) is 2. The van der Waals surface area contributed by atoms with Gasteiger partial charge in [0.2, 0.25) is 17.7 Å². The van der Waals surface area contributed by atoms with Crippen molar-refractivity contribution in [3.05, 3.63) is 88.8 Å². The lowest BCUT2D eigenvalue weighted by atomic mass is 10.0. The minimum Gasteiger partial charge on any atom is -0.361 e. The summed E-state index contributed by atoms with van der Waals surface area (Å²) in [5.74, 6) is -3.64. The van der Waals surface area contributed by atoms with Gasteiger partial charge in [0.1, 0.15) is 29.5 Å². The Labute approximate surface area is 235 Å². The molecule has 0 unspecified atom stereocenters. The SMILES string of the molecule is Cc1cc(C(=O)N[C@@H](CC(=O)N2CCC[C@@H]2c2ccccc2)C(=O)N[C@@H](C)C(=O)NCc2ccc(F)cc2F)no1. The molecule has 2 heterocycles. The number of aromatic nitrogens is 1. The summed E-state index contributed by atoms with van der Waals surface area (Å²) in [5, 5.41) is 11.2. The lowest BCUT2D eigenvalue weighted by Crippen LogP contribution is -2.54. The number of hydrogen-bond acceptors (Lipinski definition) is 6. The molecule has 0 aliphatic carbocycles. The Balaban J connectivity index is 1.44. The molecule has 4 amide bonds. The molecule has 4 rings (SSSR count). The van der Waals surface area contributed by atoms with Crippen LogP contribution in [-0.2, 0) is 20.9 Å². The number of carbonyl (C=O) groups is 4. The predicted molar refractivity (Wildman–Crippen MR) is 143 cm³/mol. The van der Waals surface area contributed by atoms with Crippen molar-refractivity contribution in [2.75, 3.05) is 6.54 Å². The van der Waals surface area contributed by atoms with Crippen molar-refractivity contribution in [2.24, 2.45) is 0 Å². The highest BCUT2D eigenvalue weighted by molar-refractivity contribution is 5.98. The minimum atomic E-state index is -1.33. The molecule has 0 saturated carbocycles. The third-order valence-corrected chi connectivity index (χ3v) is 6.84. The van der Waals surface area contributed by atoms with E-state index in [0.29, 0.717) is 18.4 Å². The Hall–Kier alpha value is -4.61. The highest BCUT2D eigenvalue weighted by atomic mass is 19.1. The number of aryl methyl sites for hydroxylation is 1. The molecule has 3 atom stereocenters. The molecule has 0 radical (unpaired) electrons. The van der Waals surface area contributed by atoms with E-state index in [1.54, 1.807) is 11.8 Å². The third kappa shape index (κ3) is 7.53. The fraction of sp³-hybridized carbons (Fsp3) is 0.345. The molecular formula is C29H31F2N5O5. The van der Waals surface area contributed by atoms with Gasteiger partial charge in [0, 0.05) is 30.8 Å². The van der Waals surface area contributed by atoms with Gasteiger partial charge in [0.25, 0.3) is 5.91 Å². The number of carbonyl (C=O) groups excluding carboxylic acids is 4. The van der Waals surface area contributed by atoms with Gasteiger partial charge < -0.3 is 25.4 Å². The van der Waals surface area contributed by atoms with E-state index < -0.39 is 41.4 Å². The lowest BCUT2D eigenvalue weighted by molar-refractivity contribution is -0.136. The standard InChI is InChI=1S/C29H31F2N5O5/c1-17-13-24(35-41-17)29(40)34-23(15-26(37)36-12-6-9-25(36)19-7-4-3-5-8-19)28(39)33-18(2)27(38)32-16-20-10-11-21(30)14-22(20)31/h3-5,7-8,10-11,13-14,18,23,25H,6,9,12,15-16H2,1-2H3,(H,32,38)(H,33,39)(H,34,40)/t18-,23-,25+/m0/s1. The van der Waals surface area contributed by atoms with Crippen molar-refractivity contribution in [3.8, 4) is 0 Å². The summed E-state index contributed by atoms with van der Waals surface area (Å²) < 4.78 is 32.0. The van der Waals surface area contributed by atoms with Crippen LogP contribution < -0.4 is 16.0 Å². The molecule has 1 fully saturated rings. The second kappa shape index (κ2) is 13.2. The second-order valence-electron chi connectivity index (χ2n) is 9.89. The molecule has 10 nitrogen and oxygen atoms in total. The van der Waals surface area contributed by atoms with Gasteiger partial charge in [-0.25, -0.2) is 8.78 Å². The van der Waals surface area contributed by atoms with E-state index in [0.717, 1.165) is 24.5 Å². The number of likely N-dealkylation sites (tertiary alicyclic amines) is 1. The van der Waals surface area contributed by atoms with Crippen LogP contribution in [0.5, 0.6) is 0 Å². The minimum absolute atomic E-state index is 0.0653. The molecule has 1 aliphatic rings. The van der Waals surface area contributed by atoms with Gasteiger partial charge in [-0.1, -0.05) is 41.6 Å². The molecule has 41 heavy (non-hydrogen) atoms. The van der Waals surface area contributed by atoms with E-state index in [1.807, 2.05) is 30.3 Å². The largest absolute Gasteiger partial charge is 0.361 e. The maximum absolute atomic E-state index is 13.9. The highest BCUT2D eigenvalue weighted by Crippen LogP contribution is 2.32. The van der Waals surface area contributed by atoms with E-state index in [4.69, 9.17) is 4.52 Å². The van der Waals surface area contributed by atoms with Gasteiger partial charge in [0.15, 0.2) is 5.69 Å². The molecular weight excluding hydrogens is 536 g/mol. The second-order valence-corrected chi connectivity index (χ2v) is 9.89. The van der Waals surface area contributed by atoms with Gasteiger partial charge in [-0.05, 0) is 38.3 Å². The smallest absolute Gasteiger partial charge is 0.274 e. The maximum Gasteiger partial charge on any atom is 0.274 e. The lowest BCUT2D eigenvalue weighted by Gasteiger charge is -2.27. The zero-order valence-electron chi connectivity index (χ0n) is 22.7. The maximum atomic E-state index is 13.9. The molecule has 1 aromatic heterocycles. The summed E-state index contributed by atoms with van der Waals surface area (Å²) in [6.07, 6.45) is 1.20. The third-order valence-electron chi connectivity index (χ3n) is 6.84. The number of hydrogen-bond donors (Lipinski definition) is 3. The van der Waals surface area contributed by atoms with E-state index >= 15 is 0 Å². The number of amides is 4. The molecule has 3 N–H and O–H groups in total. The van der Waals surface area contributed by atoms with E-state index in [2.05, 4.69) is 21.1 Å². The normalized spacial score (nSPS) is 16.1. The van der Waals surface area contributed by atoms with E-state index in [9.17, 15) is 28.0 Å². The van der Waals surface area contributed by atoms with Gasteiger partial charge >= 0.3 is 0 Å². The van der Waals surface area contributed by atoms with Crippen molar-refractivity contribution in [3.63, 3.8) is 0 Å². The van der Waals surface area contributed by atoms with Gasteiger partial charge in [-0.15, -0.1) is 0 Å². The van der Waals surface area contributed by atoms with Crippen LogP contribution in [0, 0.1) is 18.6 Å². The van der Waals surface area contributed by atoms with Crippen molar-refractivity contribution in [1.29, 1.82) is 0 Å². The first-order chi connectivity index (χ1) is 19.6. The molecule has 0 bridgehead atoms. The van der Waals surface area contributed by atoms with Crippen LogP contribution in [0.1, 0.15) is 59.6 Å². The molecule has 3 aromatic rings. The Morgan fingerprint density at radius 3 is 2.49 bits per heavy atom. The molecule has 0 spiro atoms. The highest BCUT2D eigenvalue weighted by Gasteiger charge is 2.34. The Kier molecular flexibility index (Phi) is 9.43. The fourth-order valence-electron chi connectivity index (χ4n) is 4.67. The van der Waals surface area contributed by atoms with Crippen LogP contribution >= 0.6 is 0 Å². The summed E-state index contributed by atoms with van der Waals surface area (Å²) in [6, 6.07) is 11.3. The first-order valence-electron chi connectivity index (χ1n) is 13.2. The quantitative estimate of drug-likeness (QED) is 0.345. The van der Waals surface area contributed by atoms with Gasteiger partial charge in [-0.2, -0.15) is 0 Å². The van der Waals surface area contributed by atoms with Crippen LogP contribution in [0.3, 0.4) is 0 Å². The number of rotatable bonds is 10. The number of nitrogens with one attached hydrogen (secondary N) is 3. The van der Waals surface area contributed by atoms with E-state index in [1.165, 1.54) is 19.1 Å².